The minimum Gasteiger partial charge on any atom is -0.445 e. The molecular formula is C41H66NO11P. The minimum absolute atomic E-state index is 0.0114. The van der Waals surface area contributed by atoms with E-state index in [1.807, 2.05) is 44.2 Å². The molecule has 54 heavy (non-hydrogen) atoms. The molecule has 6 rings (SSSR count). The zero-order valence-corrected chi connectivity index (χ0v) is 34.7. The van der Waals surface area contributed by atoms with Gasteiger partial charge in [0.2, 0.25) is 0 Å². The Morgan fingerprint density at radius 2 is 1.41 bits per heavy atom. The summed E-state index contributed by atoms with van der Waals surface area (Å²) >= 11 is 0. The van der Waals surface area contributed by atoms with Crippen LogP contribution in [0.2, 0.25) is 0 Å². The maximum absolute atomic E-state index is 13.3. The van der Waals surface area contributed by atoms with E-state index >= 15 is 0 Å². The SMILES string of the molecule is CCC1OC(OC2C(CC)OC(OC3C(O)C(C)CC(C)C3OC3OC4COC(P)OC4C(C)C3NC(=O)OCc3ccccc3)C2C)C(C)C(C)C1C. The lowest BCUT2D eigenvalue weighted by Crippen LogP contribution is -2.65. The third kappa shape index (κ3) is 9.14. The second kappa shape index (κ2) is 18.4. The molecule has 306 valence electrons. The molecule has 4 aliphatic heterocycles. The summed E-state index contributed by atoms with van der Waals surface area (Å²) in [7, 11) is 2.54. The van der Waals surface area contributed by atoms with Crippen LogP contribution in [-0.2, 0) is 49.2 Å². The Kier molecular flexibility index (Phi) is 14.4. The molecule has 0 spiro atoms. The van der Waals surface area contributed by atoms with Crippen LogP contribution in [-0.4, -0.2) is 97.6 Å². The average molecular weight is 780 g/mol. The van der Waals surface area contributed by atoms with Gasteiger partial charge in [-0.1, -0.05) is 102 Å². The van der Waals surface area contributed by atoms with Crippen LogP contribution < -0.4 is 5.32 Å². The number of fused-ring (bicyclic) bond motifs is 1. The molecule has 0 radical (unpaired) electrons. The molecule has 12 nitrogen and oxygen atoms in total. The molecule has 1 saturated carbocycles. The van der Waals surface area contributed by atoms with Crippen molar-refractivity contribution >= 4 is 15.3 Å². The van der Waals surface area contributed by atoms with Gasteiger partial charge >= 0.3 is 6.09 Å². The number of ether oxygens (including phenoxy) is 9. The lowest BCUT2D eigenvalue weighted by molar-refractivity contribution is -0.339. The van der Waals surface area contributed by atoms with Gasteiger partial charge in [0.25, 0.3) is 0 Å². The summed E-state index contributed by atoms with van der Waals surface area (Å²) in [6.07, 6.45) is -3.32. The first-order chi connectivity index (χ1) is 25.8. The number of hydrogen-bond donors (Lipinski definition) is 2. The van der Waals surface area contributed by atoms with Gasteiger partial charge in [-0.15, -0.1) is 0 Å². The third-order valence-electron chi connectivity index (χ3n) is 13.1. The second-order valence-electron chi connectivity index (χ2n) is 16.8. The normalized spacial score (nSPS) is 46.8. The number of alkyl carbamates (subject to hydrolysis) is 1. The van der Waals surface area contributed by atoms with E-state index < -0.39 is 55.2 Å². The summed E-state index contributed by atoms with van der Waals surface area (Å²) in [5.74, 6) is 0.708. The summed E-state index contributed by atoms with van der Waals surface area (Å²) in [4.78, 5) is 13.3. The van der Waals surface area contributed by atoms with Crippen molar-refractivity contribution in [3.05, 3.63) is 35.9 Å². The molecule has 2 N–H and O–H groups in total. The Morgan fingerprint density at radius 1 is 0.759 bits per heavy atom. The summed E-state index contributed by atoms with van der Waals surface area (Å²) in [5.41, 5.74) is 0.877. The highest BCUT2D eigenvalue weighted by Crippen LogP contribution is 2.43. The van der Waals surface area contributed by atoms with E-state index in [2.05, 4.69) is 63.0 Å². The van der Waals surface area contributed by atoms with E-state index in [0.29, 0.717) is 24.9 Å². The Morgan fingerprint density at radius 3 is 2.11 bits per heavy atom. The van der Waals surface area contributed by atoms with Crippen LogP contribution in [0.3, 0.4) is 0 Å². The van der Waals surface area contributed by atoms with E-state index in [-0.39, 0.29) is 66.9 Å². The highest BCUT2D eigenvalue weighted by atomic mass is 31.0. The number of benzene rings is 1. The van der Waals surface area contributed by atoms with Gasteiger partial charge < -0.3 is 53.1 Å². The van der Waals surface area contributed by atoms with Crippen molar-refractivity contribution in [2.45, 2.75) is 168 Å². The first kappa shape index (κ1) is 42.2. The number of aliphatic hydroxyl groups excluding tert-OH is 1. The molecule has 1 aromatic rings. The standard InChI is InChI=1S/C41H66NO11P/c1-10-28-23(6)22(5)24(7)37(47-28)51-35-26(9)38(48-29(35)11-2)52-36-32(43)20(3)17-21(4)33(36)50-39-31(25(8)34-30(49-39)19-46-41(54)53-34)42-40(44)45-18-27-15-13-12-14-16-27/h12-16,20-26,28-39,41,43H,10-11,17-19,54H2,1-9H3,(H,42,44). The zero-order valence-electron chi connectivity index (χ0n) is 33.6. The van der Waals surface area contributed by atoms with Crippen molar-refractivity contribution in [1.82, 2.24) is 5.32 Å². The van der Waals surface area contributed by atoms with Crippen molar-refractivity contribution in [2.75, 3.05) is 6.61 Å². The van der Waals surface area contributed by atoms with E-state index in [1.165, 1.54) is 0 Å². The molecule has 1 amide bonds. The van der Waals surface area contributed by atoms with Crippen molar-refractivity contribution in [1.29, 1.82) is 0 Å². The number of rotatable bonds is 11. The molecule has 0 bridgehead atoms. The second-order valence-corrected chi connectivity index (χ2v) is 17.3. The summed E-state index contributed by atoms with van der Waals surface area (Å²) in [5, 5.41) is 14.8. The highest BCUT2D eigenvalue weighted by Gasteiger charge is 2.54. The number of carbonyl (C=O) groups excluding carboxylic acids is 1. The van der Waals surface area contributed by atoms with Gasteiger partial charge in [-0.3, -0.25) is 0 Å². The van der Waals surface area contributed by atoms with Crippen LogP contribution in [0.1, 0.15) is 87.1 Å². The quantitative estimate of drug-likeness (QED) is 0.248. The fraction of sp³-hybridized carbons (Fsp3) is 0.829. The molecule has 21 unspecified atom stereocenters. The topological polar surface area (TPSA) is 132 Å². The van der Waals surface area contributed by atoms with E-state index in [4.69, 9.17) is 42.6 Å². The Hall–Kier alpha value is -1.44. The van der Waals surface area contributed by atoms with Crippen LogP contribution in [0.5, 0.6) is 0 Å². The molecule has 4 heterocycles. The van der Waals surface area contributed by atoms with Gasteiger partial charge in [-0.05, 0) is 48.5 Å². The van der Waals surface area contributed by atoms with Gasteiger partial charge in [0.1, 0.15) is 18.8 Å². The maximum Gasteiger partial charge on any atom is 0.407 e. The van der Waals surface area contributed by atoms with Gasteiger partial charge in [0.05, 0.1) is 49.3 Å². The van der Waals surface area contributed by atoms with Gasteiger partial charge in [-0.2, -0.15) is 0 Å². The molecule has 0 aromatic heterocycles. The Balaban J connectivity index is 1.19. The smallest absolute Gasteiger partial charge is 0.407 e. The molecule has 5 fully saturated rings. The van der Waals surface area contributed by atoms with Crippen molar-refractivity contribution < 1.29 is 52.5 Å². The summed E-state index contributed by atoms with van der Waals surface area (Å²) in [6, 6.07) is 8.40. The van der Waals surface area contributed by atoms with Crippen LogP contribution in [0, 0.1) is 41.4 Å². The van der Waals surface area contributed by atoms with E-state index in [9.17, 15) is 9.90 Å². The van der Waals surface area contributed by atoms with Gasteiger partial charge in [-0.25, -0.2) is 4.79 Å². The molecule has 4 saturated heterocycles. The first-order valence-corrected chi connectivity index (χ1v) is 21.1. The number of aliphatic hydroxyl groups is 1. The van der Waals surface area contributed by atoms with E-state index in [0.717, 1.165) is 18.4 Å². The largest absolute Gasteiger partial charge is 0.445 e. The lowest BCUT2D eigenvalue weighted by Gasteiger charge is -2.51. The number of nitrogens with one attached hydrogen (secondary N) is 1. The minimum atomic E-state index is -0.903. The van der Waals surface area contributed by atoms with Gasteiger partial charge in [0, 0.05) is 17.8 Å². The van der Waals surface area contributed by atoms with Crippen molar-refractivity contribution in [3.8, 4) is 0 Å². The molecule has 1 aliphatic carbocycles. The number of hydrogen-bond acceptors (Lipinski definition) is 11. The third-order valence-corrected chi connectivity index (χ3v) is 13.4. The predicted octanol–water partition coefficient (Wildman–Crippen LogP) is 6.22. The lowest BCUT2D eigenvalue weighted by atomic mass is 9.77. The molecule has 1 aromatic carbocycles. The first-order valence-electron chi connectivity index (χ1n) is 20.4. The van der Waals surface area contributed by atoms with Crippen LogP contribution in [0.4, 0.5) is 4.79 Å². The fourth-order valence-corrected chi connectivity index (χ4v) is 9.57. The molecule has 13 heteroatoms. The fourth-order valence-electron chi connectivity index (χ4n) is 9.28. The van der Waals surface area contributed by atoms with Crippen LogP contribution in [0.25, 0.3) is 0 Å². The predicted molar refractivity (Wildman–Crippen MR) is 204 cm³/mol. The highest BCUT2D eigenvalue weighted by molar-refractivity contribution is 7.16. The number of amides is 1. The average Bonchev–Trinajstić information content (AvgIpc) is 3.46. The van der Waals surface area contributed by atoms with Crippen LogP contribution in [0.15, 0.2) is 30.3 Å². The van der Waals surface area contributed by atoms with Gasteiger partial charge in [0.15, 0.2) is 24.9 Å². The van der Waals surface area contributed by atoms with Crippen molar-refractivity contribution in [2.24, 2.45) is 41.4 Å². The summed E-state index contributed by atoms with van der Waals surface area (Å²) < 4.78 is 57.8. The molecule has 21 atom stereocenters. The van der Waals surface area contributed by atoms with E-state index in [1.54, 1.807) is 0 Å². The zero-order chi connectivity index (χ0) is 38.8. The monoisotopic (exact) mass is 779 g/mol. The Labute approximate surface area is 324 Å². The maximum atomic E-state index is 13.3. The Bertz CT molecular complexity index is 1340. The molecule has 5 aliphatic rings. The van der Waals surface area contributed by atoms with Crippen LogP contribution >= 0.6 is 9.24 Å². The van der Waals surface area contributed by atoms with Crippen molar-refractivity contribution in [3.63, 3.8) is 0 Å². The summed E-state index contributed by atoms with van der Waals surface area (Å²) in [6.45, 7) is 19.7. The number of carbonyl (C=O) groups is 1. The molecular weight excluding hydrogens is 713 g/mol.